The molecule has 39 heavy (non-hydrogen) atoms. The van der Waals surface area contributed by atoms with Crippen LogP contribution < -0.4 is 9.78 Å². The molecule has 0 aromatic heterocycles. The summed E-state index contributed by atoms with van der Waals surface area (Å²) in [6.07, 6.45) is -0.214. The van der Waals surface area contributed by atoms with Crippen molar-refractivity contribution in [1.29, 1.82) is 0 Å². The standard InChI is InChI=1S/C27H28O12/c1-15(28)3-5-17-7-9-19(30)22(11-17)36-38-24-14-27(35,26(33)34)13-21(32)25(24)39-37-23-12-18(6-4-16(2)29)8-10-20(23)31/h3-12,21,24-25,30-32,35H,13-14H2,1-2H3,(H,33,34)/t21-,24+,25-,27+/m0/s1. The van der Waals surface area contributed by atoms with Crippen molar-refractivity contribution in [3.8, 4) is 23.0 Å². The number of rotatable bonds is 11. The number of hydrogen-bond acceptors (Lipinski definition) is 11. The lowest BCUT2D eigenvalue weighted by molar-refractivity contribution is -0.355. The highest BCUT2D eigenvalue weighted by Crippen LogP contribution is 2.36. The van der Waals surface area contributed by atoms with E-state index in [1.54, 1.807) is 0 Å². The Morgan fingerprint density at radius 1 is 0.846 bits per heavy atom. The van der Waals surface area contributed by atoms with Crippen LogP contribution in [0.15, 0.2) is 48.6 Å². The average Bonchev–Trinajstić information content (AvgIpc) is 2.86. The largest absolute Gasteiger partial charge is 0.504 e. The molecule has 3 rings (SSSR count). The van der Waals surface area contributed by atoms with Crippen LogP contribution >= 0.6 is 0 Å². The Kier molecular flexibility index (Phi) is 9.43. The van der Waals surface area contributed by atoms with Crippen molar-refractivity contribution < 1.29 is 59.5 Å². The van der Waals surface area contributed by atoms with Crippen LogP contribution in [0, 0.1) is 0 Å². The van der Waals surface area contributed by atoms with E-state index in [0.717, 1.165) is 0 Å². The number of hydrogen-bond donors (Lipinski definition) is 5. The molecule has 5 N–H and O–H groups in total. The summed E-state index contributed by atoms with van der Waals surface area (Å²) in [4.78, 5) is 55.1. The van der Waals surface area contributed by atoms with Gasteiger partial charge in [-0.05, 0) is 61.4 Å². The van der Waals surface area contributed by atoms with Crippen molar-refractivity contribution in [3.63, 3.8) is 0 Å². The second kappa shape index (κ2) is 12.5. The number of allylic oxidation sites excluding steroid dienone is 2. The van der Waals surface area contributed by atoms with Gasteiger partial charge in [0.1, 0.15) is 6.10 Å². The minimum absolute atomic E-state index is 0.186. The van der Waals surface area contributed by atoms with Gasteiger partial charge in [0.25, 0.3) is 0 Å². The quantitative estimate of drug-likeness (QED) is 0.158. The molecule has 0 radical (unpaired) electrons. The number of carboxylic acid groups (broad SMARTS) is 1. The van der Waals surface area contributed by atoms with Crippen molar-refractivity contribution in [2.75, 3.05) is 0 Å². The van der Waals surface area contributed by atoms with Gasteiger partial charge in [-0.3, -0.25) is 9.59 Å². The molecule has 0 unspecified atom stereocenters. The minimum atomic E-state index is -2.40. The van der Waals surface area contributed by atoms with E-state index in [0.29, 0.717) is 11.1 Å². The highest BCUT2D eigenvalue weighted by Gasteiger charge is 2.52. The van der Waals surface area contributed by atoms with Crippen molar-refractivity contribution in [3.05, 3.63) is 59.7 Å². The third-order valence-corrected chi connectivity index (χ3v) is 5.73. The number of carbonyl (C=O) groups is 3. The summed E-state index contributed by atoms with van der Waals surface area (Å²) in [6, 6.07) is 8.25. The normalized spacial score (nSPS) is 23.1. The molecule has 12 heteroatoms. The van der Waals surface area contributed by atoms with E-state index in [4.69, 9.17) is 19.6 Å². The van der Waals surface area contributed by atoms with Gasteiger partial charge in [-0.2, -0.15) is 9.78 Å². The van der Waals surface area contributed by atoms with E-state index in [1.807, 2.05) is 0 Å². The molecule has 0 bridgehead atoms. The maximum Gasteiger partial charge on any atom is 0.335 e. The van der Waals surface area contributed by atoms with Gasteiger partial charge in [-0.1, -0.05) is 24.3 Å². The molecule has 2 aromatic rings. The van der Waals surface area contributed by atoms with Crippen molar-refractivity contribution >= 4 is 29.7 Å². The van der Waals surface area contributed by atoms with E-state index < -0.39 is 42.7 Å². The van der Waals surface area contributed by atoms with Crippen LogP contribution in [0.2, 0.25) is 0 Å². The Morgan fingerprint density at radius 2 is 1.33 bits per heavy atom. The first-order chi connectivity index (χ1) is 18.4. The van der Waals surface area contributed by atoms with Crippen molar-refractivity contribution in [1.82, 2.24) is 0 Å². The molecule has 0 heterocycles. The molecule has 1 aliphatic carbocycles. The predicted octanol–water partition coefficient (Wildman–Crippen LogP) is 2.33. The fourth-order valence-corrected chi connectivity index (χ4v) is 3.68. The summed E-state index contributed by atoms with van der Waals surface area (Å²) in [5.41, 5.74) is -1.45. The molecule has 1 aliphatic rings. The topological polar surface area (TPSA) is 189 Å². The molecule has 2 aromatic carbocycles. The number of aromatic hydroxyl groups is 2. The summed E-state index contributed by atoms with van der Waals surface area (Å²) < 4.78 is 0. The van der Waals surface area contributed by atoms with Crippen molar-refractivity contribution in [2.45, 2.75) is 50.6 Å². The average molecular weight is 545 g/mol. The summed E-state index contributed by atoms with van der Waals surface area (Å²) in [5.74, 6) is -3.11. The first-order valence-electron chi connectivity index (χ1n) is 11.7. The smallest absolute Gasteiger partial charge is 0.335 e. The molecule has 1 saturated carbocycles. The molecule has 0 spiro atoms. The molecule has 0 amide bonds. The Morgan fingerprint density at radius 3 is 1.79 bits per heavy atom. The van der Waals surface area contributed by atoms with Gasteiger partial charge in [0, 0.05) is 12.8 Å². The summed E-state index contributed by atoms with van der Waals surface area (Å²) in [6.45, 7) is 2.72. The number of aliphatic hydroxyl groups excluding tert-OH is 1. The monoisotopic (exact) mass is 544 g/mol. The number of ketones is 2. The van der Waals surface area contributed by atoms with Crippen LogP contribution in [0.25, 0.3) is 12.2 Å². The first-order valence-corrected chi connectivity index (χ1v) is 11.7. The third-order valence-electron chi connectivity index (χ3n) is 5.73. The van der Waals surface area contributed by atoms with E-state index in [-0.39, 0.29) is 34.6 Å². The lowest BCUT2D eigenvalue weighted by atomic mass is 9.80. The first kappa shape index (κ1) is 29.3. The van der Waals surface area contributed by atoms with Gasteiger partial charge in [0.15, 0.2) is 34.8 Å². The van der Waals surface area contributed by atoms with Crippen LogP contribution in [0.3, 0.4) is 0 Å². The fourth-order valence-electron chi connectivity index (χ4n) is 3.68. The van der Waals surface area contributed by atoms with Gasteiger partial charge in [-0.25, -0.2) is 4.79 Å². The number of aliphatic carboxylic acids is 1. The van der Waals surface area contributed by atoms with Crippen LogP contribution in [-0.4, -0.2) is 67.0 Å². The van der Waals surface area contributed by atoms with Gasteiger partial charge in [0.2, 0.25) is 11.5 Å². The summed E-state index contributed by atoms with van der Waals surface area (Å²) in [7, 11) is 0. The third kappa shape index (κ3) is 7.88. The number of benzene rings is 2. The van der Waals surface area contributed by atoms with E-state index in [1.165, 1.54) is 74.5 Å². The molecule has 4 atom stereocenters. The number of phenolic OH excluding ortho intramolecular Hbond substituents is 2. The fraction of sp³-hybridized carbons (Fsp3) is 0.296. The zero-order valence-electron chi connectivity index (χ0n) is 21.0. The van der Waals surface area contributed by atoms with E-state index in [2.05, 4.69) is 0 Å². The summed E-state index contributed by atoms with van der Waals surface area (Å²) >= 11 is 0. The Balaban J connectivity index is 1.81. The van der Waals surface area contributed by atoms with Crippen LogP contribution in [0.4, 0.5) is 0 Å². The molecular weight excluding hydrogens is 516 g/mol. The highest BCUT2D eigenvalue weighted by molar-refractivity contribution is 5.92. The zero-order chi connectivity index (χ0) is 28.7. The number of carbonyl (C=O) groups excluding carboxylic acids is 2. The van der Waals surface area contributed by atoms with Gasteiger partial charge < -0.3 is 35.3 Å². The minimum Gasteiger partial charge on any atom is -0.504 e. The van der Waals surface area contributed by atoms with Crippen molar-refractivity contribution in [2.24, 2.45) is 0 Å². The Bertz CT molecular complexity index is 1280. The maximum atomic E-state index is 11.7. The SMILES string of the molecule is CC(=O)C=Cc1ccc(O)c(OO[C@H]2[C@@H](O)C[C@](O)(C(=O)O)C[C@H]2OOc2cc(C=CC(C)=O)ccc2O)c1. The molecule has 1 fully saturated rings. The second-order valence-corrected chi connectivity index (χ2v) is 9.02. The van der Waals surface area contributed by atoms with Gasteiger partial charge >= 0.3 is 5.97 Å². The maximum absolute atomic E-state index is 11.7. The lowest BCUT2D eigenvalue weighted by Gasteiger charge is -2.39. The molecular formula is C27H28O12. The zero-order valence-corrected chi connectivity index (χ0v) is 21.0. The number of carboxylic acids is 1. The van der Waals surface area contributed by atoms with Crippen LogP contribution in [0.5, 0.6) is 23.0 Å². The predicted molar refractivity (Wildman–Crippen MR) is 134 cm³/mol. The van der Waals surface area contributed by atoms with E-state index >= 15 is 0 Å². The van der Waals surface area contributed by atoms with E-state index in [9.17, 15) is 39.9 Å². The Labute approximate surface area is 222 Å². The van der Waals surface area contributed by atoms with Crippen LogP contribution in [-0.2, 0) is 24.2 Å². The van der Waals surface area contributed by atoms with Crippen LogP contribution in [0.1, 0.15) is 37.8 Å². The lowest BCUT2D eigenvalue weighted by Crippen LogP contribution is -2.58. The number of aliphatic hydroxyl groups is 2. The molecule has 0 saturated heterocycles. The van der Waals surface area contributed by atoms with Gasteiger partial charge in [-0.15, -0.1) is 0 Å². The van der Waals surface area contributed by atoms with Gasteiger partial charge in [0.05, 0.1) is 6.10 Å². The molecule has 12 nitrogen and oxygen atoms in total. The number of phenols is 2. The Hall–Kier alpha value is -4.23. The second-order valence-electron chi connectivity index (χ2n) is 9.02. The molecule has 0 aliphatic heterocycles. The summed E-state index contributed by atoms with van der Waals surface area (Å²) in [5, 5.41) is 50.9. The highest BCUT2D eigenvalue weighted by atomic mass is 17.2. The molecule has 208 valence electrons.